The lowest BCUT2D eigenvalue weighted by molar-refractivity contribution is -0.126. The number of hydrogen-bond acceptors (Lipinski definition) is 5. The van der Waals surface area contributed by atoms with Gasteiger partial charge in [-0.3, -0.25) is 9.69 Å². The first-order chi connectivity index (χ1) is 11.7. The van der Waals surface area contributed by atoms with Crippen LogP contribution in [0.15, 0.2) is 30.6 Å². The van der Waals surface area contributed by atoms with E-state index in [2.05, 4.69) is 31.2 Å². The van der Waals surface area contributed by atoms with Crippen molar-refractivity contribution in [3.05, 3.63) is 30.6 Å². The number of piperazine rings is 1. The van der Waals surface area contributed by atoms with Crippen LogP contribution in [0.4, 0.5) is 5.82 Å². The summed E-state index contributed by atoms with van der Waals surface area (Å²) < 4.78 is 0. The monoisotopic (exact) mass is 325 g/mol. The molecule has 1 aromatic carbocycles. The summed E-state index contributed by atoms with van der Waals surface area (Å²) in [6, 6.07) is 8.47. The largest absolute Gasteiger partial charge is 0.353 e. The number of carbonyl (C=O) groups is 1. The smallest absolute Gasteiger partial charge is 0.237 e. The molecule has 1 atom stereocenters. The standard InChI is InChI=1S/C18H23N5O/c1-13(18(24)21-14-6-7-14)22-8-10-23(11-9-22)17-15-4-2-3-5-16(15)19-12-20-17/h2-5,12-14H,6-11H2,1H3,(H,21,24)/t13-/m0/s1. The molecule has 1 amide bonds. The third kappa shape index (κ3) is 3.06. The number of benzene rings is 1. The highest BCUT2D eigenvalue weighted by Gasteiger charge is 2.30. The fourth-order valence-corrected chi connectivity index (χ4v) is 3.28. The van der Waals surface area contributed by atoms with Crippen LogP contribution in [0.5, 0.6) is 0 Å². The molecule has 1 N–H and O–H groups in total. The molecule has 1 aromatic heterocycles. The van der Waals surface area contributed by atoms with Gasteiger partial charge in [0, 0.05) is 37.6 Å². The van der Waals surface area contributed by atoms with Crippen molar-refractivity contribution >= 4 is 22.6 Å². The summed E-state index contributed by atoms with van der Waals surface area (Å²) >= 11 is 0. The second kappa shape index (κ2) is 6.36. The van der Waals surface area contributed by atoms with E-state index < -0.39 is 0 Å². The molecule has 0 radical (unpaired) electrons. The molecule has 6 nitrogen and oxygen atoms in total. The second-order valence-corrected chi connectivity index (χ2v) is 6.70. The number of carbonyl (C=O) groups excluding carboxylic acids is 1. The lowest BCUT2D eigenvalue weighted by atomic mass is 10.2. The molecular weight excluding hydrogens is 302 g/mol. The Morgan fingerprint density at radius 1 is 1.17 bits per heavy atom. The van der Waals surface area contributed by atoms with E-state index >= 15 is 0 Å². The molecule has 0 spiro atoms. The normalized spacial score (nSPS) is 20.1. The lowest BCUT2D eigenvalue weighted by Gasteiger charge is -2.38. The number of nitrogens with zero attached hydrogens (tertiary/aromatic N) is 4. The quantitative estimate of drug-likeness (QED) is 0.921. The van der Waals surface area contributed by atoms with E-state index in [1.54, 1.807) is 6.33 Å². The minimum absolute atomic E-state index is 0.0603. The lowest BCUT2D eigenvalue weighted by Crippen LogP contribution is -2.54. The van der Waals surface area contributed by atoms with Crippen LogP contribution >= 0.6 is 0 Å². The Kier molecular flexibility index (Phi) is 4.06. The molecule has 1 saturated heterocycles. The molecule has 126 valence electrons. The number of anilines is 1. The van der Waals surface area contributed by atoms with Crippen LogP contribution in [-0.2, 0) is 4.79 Å². The number of amides is 1. The molecule has 2 fully saturated rings. The number of fused-ring (bicyclic) bond motifs is 1. The van der Waals surface area contributed by atoms with Gasteiger partial charge in [-0.1, -0.05) is 12.1 Å². The van der Waals surface area contributed by atoms with Crippen molar-refractivity contribution < 1.29 is 4.79 Å². The third-order valence-corrected chi connectivity index (χ3v) is 4.99. The number of para-hydroxylation sites is 1. The summed E-state index contributed by atoms with van der Waals surface area (Å²) in [4.78, 5) is 25.6. The van der Waals surface area contributed by atoms with E-state index in [0.717, 1.165) is 55.7 Å². The minimum Gasteiger partial charge on any atom is -0.353 e. The van der Waals surface area contributed by atoms with Gasteiger partial charge in [0.25, 0.3) is 0 Å². The highest BCUT2D eigenvalue weighted by atomic mass is 16.2. The van der Waals surface area contributed by atoms with Gasteiger partial charge in [0.05, 0.1) is 11.6 Å². The molecule has 2 aliphatic rings. The van der Waals surface area contributed by atoms with Crippen LogP contribution in [0, 0.1) is 0 Å². The van der Waals surface area contributed by atoms with Gasteiger partial charge in [0.2, 0.25) is 5.91 Å². The summed E-state index contributed by atoms with van der Waals surface area (Å²) in [6.45, 7) is 5.51. The summed E-state index contributed by atoms with van der Waals surface area (Å²) in [5, 5.41) is 4.19. The number of aromatic nitrogens is 2. The van der Waals surface area contributed by atoms with Crippen LogP contribution in [-0.4, -0.2) is 59.0 Å². The van der Waals surface area contributed by atoms with Gasteiger partial charge in [-0.15, -0.1) is 0 Å². The van der Waals surface area contributed by atoms with Gasteiger partial charge in [-0.2, -0.15) is 0 Å². The predicted octanol–water partition coefficient (Wildman–Crippen LogP) is 1.42. The summed E-state index contributed by atoms with van der Waals surface area (Å²) in [5.74, 6) is 1.16. The molecule has 0 unspecified atom stereocenters. The number of hydrogen-bond donors (Lipinski definition) is 1. The molecule has 1 saturated carbocycles. The molecule has 1 aliphatic carbocycles. The van der Waals surface area contributed by atoms with Crippen molar-refractivity contribution in [2.45, 2.75) is 31.8 Å². The predicted molar refractivity (Wildman–Crippen MR) is 94.0 cm³/mol. The van der Waals surface area contributed by atoms with Gasteiger partial charge in [-0.05, 0) is 31.9 Å². The molecule has 24 heavy (non-hydrogen) atoms. The molecule has 0 bridgehead atoms. The van der Waals surface area contributed by atoms with Gasteiger partial charge in [-0.25, -0.2) is 9.97 Å². The van der Waals surface area contributed by atoms with Crippen molar-refractivity contribution in [1.29, 1.82) is 0 Å². The van der Waals surface area contributed by atoms with Gasteiger partial charge in [0.1, 0.15) is 12.1 Å². The Morgan fingerprint density at radius 2 is 1.92 bits per heavy atom. The topological polar surface area (TPSA) is 61.4 Å². The van der Waals surface area contributed by atoms with E-state index in [-0.39, 0.29) is 11.9 Å². The first kappa shape index (κ1) is 15.3. The second-order valence-electron chi connectivity index (χ2n) is 6.70. The molecule has 4 rings (SSSR count). The average molecular weight is 325 g/mol. The maximum atomic E-state index is 12.2. The Bertz CT molecular complexity index is 732. The van der Waals surface area contributed by atoms with Gasteiger partial charge in [0.15, 0.2) is 0 Å². The van der Waals surface area contributed by atoms with Crippen molar-refractivity contribution in [1.82, 2.24) is 20.2 Å². The van der Waals surface area contributed by atoms with E-state index in [0.29, 0.717) is 6.04 Å². The third-order valence-electron chi connectivity index (χ3n) is 4.99. The number of nitrogens with one attached hydrogen (secondary N) is 1. The molecule has 2 aromatic rings. The Morgan fingerprint density at radius 3 is 2.67 bits per heavy atom. The zero-order valence-corrected chi connectivity index (χ0v) is 14.0. The van der Waals surface area contributed by atoms with Crippen molar-refractivity contribution in [2.24, 2.45) is 0 Å². The Balaban J connectivity index is 1.42. The fraction of sp³-hybridized carbons (Fsp3) is 0.500. The van der Waals surface area contributed by atoms with Gasteiger partial charge < -0.3 is 10.2 Å². The van der Waals surface area contributed by atoms with Crippen LogP contribution in [0.1, 0.15) is 19.8 Å². The molecule has 1 aliphatic heterocycles. The summed E-state index contributed by atoms with van der Waals surface area (Å²) in [7, 11) is 0. The van der Waals surface area contributed by atoms with Crippen LogP contribution in [0.3, 0.4) is 0 Å². The van der Waals surface area contributed by atoms with E-state index in [1.807, 2.05) is 25.1 Å². The molecule has 2 heterocycles. The van der Waals surface area contributed by atoms with E-state index in [1.165, 1.54) is 0 Å². The van der Waals surface area contributed by atoms with Crippen LogP contribution in [0.2, 0.25) is 0 Å². The maximum Gasteiger partial charge on any atom is 0.237 e. The Labute approximate surface area is 141 Å². The zero-order valence-electron chi connectivity index (χ0n) is 14.0. The first-order valence-corrected chi connectivity index (χ1v) is 8.71. The van der Waals surface area contributed by atoms with E-state index in [4.69, 9.17) is 0 Å². The van der Waals surface area contributed by atoms with Crippen molar-refractivity contribution in [3.8, 4) is 0 Å². The Hall–Kier alpha value is -2.21. The first-order valence-electron chi connectivity index (χ1n) is 8.71. The molecular formula is C18H23N5O. The van der Waals surface area contributed by atoms with Crippen LogP contribution in [0.25, 0.3) is 10.9 Å². The fourth-order valence-electron chi connectivity index (χ4n) is 3.28. The minimum atomic E-state index is -0.0603. The van der Waals surface area contributed by atoms with Crippen molar-refractivity contribution in [2.75, 3.05) is 31.1 Å². The highest BCUT2D eigenvalue weighted by Crippen LogP contribution is 2.24. The molecule has 6 heteroatoms. The average Bonchev–Trinajstić information content (AvgIpc) is 3.45. The zero-order chi connectivity index (χ0) is 16.5. The highest BCUT2D eigenvalue weighted by molar-refractivity contribution is 5.89. The number of rotatable bonds is 4. The van der Waals surface area contributed by atoms with E-state index in [9.17, 15) is 4.79 Å². The summed E-state index contributed by atoms with van der Waals surface area (Å²) in [6.07, 6.45) is 3.90. The SMILES string of the molecule is C[C@@H](C(=O)NC1CC1)N1CCN(c2ncnc3ccccc23)CC1. The van der Waals surface area contributed by atoms with Crippen LogP contribution < -0.4 is 10.2 Å². The van der Waals surface area contributed by atoms with Crippen molar-refractivity contribution in [3.63, 3.8) is 0 Å². The van der Waals surface area contributed by atoms with Gasteiger partial charge >= 0.3 is 0 Å². The maximum absolute atomic E-state index is 12.2. The summed E-state index contributed by atoms with van der Waals surface area (Å²) in [5.41, 5.74) is 0.974.